The van der Waals surface area contributed by atoms with Crippen LogP contribution in [0.25, 0.3) is 0 Å². The lowest BCUT2D eigenvalue weighted by Crippen LogP contribution is -2.57. The van der Waals surface area contributed by atoms with E-state index < -0.39 is 6.04 Å². The number of benzene rings is 2. The molecule has 1 saturated heterocycles. The van der Waals surface area contributed by atoms with Crippen LogP contribution in [0.2, 0.25) is 0 Å². The Balaban J connectivity index is 1.41. The van der Waals surface area contributed by atoms with Crippen LogP contribution in [0.4, 0.5) is 0 Å². The van der Waals surface area contributed by atoms with E-state index in [1.165, 1.54) is 5.56 Å². The van der Waals surface area contributed by atoms with Crippen LogP contribution in [0.5, 0.6) is 5.75 Å². The van der Waals surface area contributed by atoms with E-state index in [0.29, 0.717) is 26.2 Å². The predicted octanol–water partition coefficient (Wildman–Crippen LogP) is 1.84. The summed E-state index contributed by atoms with van der Waals surface area (Å²) >= 11 is 0. The van der Waals surface area contributed by atoms with E-state index >= 15 is 0 Å². The minimum Gasteiger partial charge on any atom is -0.491 e. The zero-order chi connectivity index (χ0) is 20.1. The van der Waals surface area contributed by atoms with Gasteiger partial charge in [-0.25, -0.2) is 0 Å². The van der Waals surface area contributed by atoms with Crippen molar-refractivity contribution in [3.63, 3.8) is 0 Å². The number of nitrogens with one attached hydrogen (secondary N) is 1. The van der Waals surface area contributed by atoms with Crippen LogP contribution in [0, 0.1) is 0 Å². The summed E-state index contributed by atoms with van der Waals surface area (Å²) in [6.07, 6.45) is 1.06. The molecule has 0 saturated carbocycles. The third-order valence-corrected chi connectivity index (χ3v) is 5.65. The predicted molar refractivity (Wildman–Crippen MR) is 110 cm³/mol. The molecule has 4 rings (SSSR count). The Bertz CT molecular complexity index is 855. The number of hydrogen-bond donors (Lipinski definition) is 1. The van der Waals surface area contributed by atoms with Crippen LogP contribution in [-0.4, -0.2) is 60.4 Å². The van der Waals surface area contributed by atoms with Crippen molar-refractivity contribution >= 4 is 11.8 Å². The Hall–Kier alpha value is -2.86. The summed E-state index contributed by atoms with van der Waals surface area (Å²) in [5, 5.41) is 2.92. The number of carbonyl (C=O) groups is 2. The first kappa shape index (κ1) is 19.5. The van der Waals surface area contributed by atoms with Gasteiger partial charge in [0.2, 0.25) is 11.8 Å². The van der Waals surface area contributed by atoms with E-state index in [9.17, 15) is 9.59 Å². The Kier molecular flexibility index (Phi) is 6.10. The number of hydrogen-bond acceptors (Lipinski definition) is 4. The number of rotatable bonds is 5. The average molecular weight is 393 g/mol. The molecule has 0 radical (unpaired) electrons. The third-order valence-electron chi connectivity index (χ3n) is 5.65. The van der Waals surface area contributed by atoms with Gasteiger partial charge in [-0.2, -0.15) is 0 Å². The molecule has 2 aromatic carbocycles. The van der Waals surface area contributed by atoms with Gasteiger partial charge < -0.3 is 15.0 Å². The van der Waals surface area contributed by atoms with Crippen molar-refractivity contribution in [2.45, 2.75) is 25.4 Å². The van der Waals surface area contributed by atoms with E-state index in [4.69, 9.17) is 4.74 Å². The highest BCUT2D eigenvalue weighted by Crippen LogP contribution is 2.23. The van der Waals surface area contributed by atoms with Gasteiger partial charge in [0.1, 0.15) is 12.4 Å². The smallest absolute Gasteiger partial charge is 0.237 e. The lowest BCUT2D eigenvalue weighted by Gasteiger charge is -2.35. The van der Waals surface area contributed by atoms with Crippen LogP contribution in [-0.2, 0) is 22.6 Å². The van der Waals surface area contributed by atoms with Crippen molar-refractivity contribution in [3.05, 3.63) is 65.7 Å². The molecule has 1 fully saturated rings. The number of amides is 2. The van der Waals surface area contributed by atoms with Crippen LogP contribution in [0.15, 0.2) is 54.6 Å². The van der Waals surface area contributed by atoms with Gasteiger partial charge in [0, 0.05) is 31.7 Å². The summed E-state index contributed by atoms with van der Waals surface area (Å²) < 4.78 is 5.77. The maximum Gasteiger partial charge on any atom is 0.237 e. The van der Waals surface area contributed by atoms with Crippen molar-refractivity contribution in [2.24, 2.45) is 0 Å². The van der Waals surface area contributed by atoms with Gasteiger partial charge in [-0.15, -0.1) is 0 Å². The number of ether oxygens (including phenoxy) is 1. The minimum atomic E-state index is -0.417. The molecule has 6 heteroatoms. The van der Waals surface area contributed by atoms with Gasteiger partial charge in [-0.05, 0) is 18.1 Å². The van der Waals surface area contributed by atoms with Gasteiger partial charge in [0.15, 0.2) is 0 Å². The highest BCUT2D eigenvalue weighted by Gasteiger charge is 2.33. The maximum atomic E-state index is 13.1. The number of piperazine rings is 1. The molecule has 0 aliphatic carbocycles. The first-order chi connectivity index (χ1) is 14.2. The normalized spacial score (nSPS) is 19.7. The Morgan fingerprint density at radius 3 is 2.72 bits per heavy atom. The van der Waals surface area contributed by atoms with E-state index in [1.54, 1.807) is 0 Å². The molecular formula is C23H27N3O3. The van der Waals surface area contributed by atoms with Gasteiger partial charge in [0.25, 0.3) is 0 Å². The number of fused-ring (bicyclic) bond motifs is 1. The monoisotopic (exact) mass is 393 g/mol. The first-order valence-corrected chi connectivity index (χ1v) is 10.2. The van der Waals surface area contributed by atoms with Crippen LogP contribution < -0.4 is 10.1 Å². The fraction of sp³-hybridized carbons (Fsp3) is 0.391. The molecule has 1 N–H and O–H groups in total. The number of para-hydroxylation sites is 1. The fourth-order valence-corrected chi connectivity index (χ4v) is 4.00. The summed E-state index contributed by atoms with van der Waals surface area (Å²) in [4.78, 5) is 29.6. The second-order valence-electron chi connectivity index (χ2n) is 7.55. The summed E-state index contributed by atoms with van der Waals surface area (Å²) in [5.41, 5.74) is 2.25. The van der Waals surface area contributed by atoms with Crippen molar-refractivity contribution in [1.29, 1.82) is 0 Å². The molecule has 2 heterocycles. The lowest BCUT2D eigenvalue weighted by molar-refractivity contribution is -0.139. The molecule has 2 aliphatic heterocycles. The third kappa shape index (κ3) is 4.77. The van der Waals surface area contributed by atoms with E-state index in [2.05, 4.69) is 22.3 Å². The maximum absolute atomic E-state index is 13.1. The summed E-state index contributed by atoms with van der Waals surface area (Å²) in [5.74, 6) is 0.781. The van der Waals surface area contributed by atoms with Gasteiger partial charge >= 0.3 is 0 Å². The zero-order valence-corrected chi connectivity index (χ0v) is 16.5. The molecular weight excluding hydrogens is 366 g/mol. The second kappa shape index (κ2) is 9.09. The summed E-state index contributed by atoms with van der Waals surface area (Å²) in [6, 6.07) is 17.6. The molecule has 2 amide bonds. The highest BCUT2D eigenvalue weighted by molar-refractivity contribution is 5.89. The van der Waals surface area contributed by atoms with Gasteiger partial charge in [-0.1, -0.05) is 48.5 Å². The second-order valence-corrected chi connectivity index (χ2v) is 7.55. The van der Waals surface area contributed by atoms with Crippen molar-refractivity contribution < 1.29 is 14.3 Å². The molecule has 29 heavy (non-hydrogen) atoms. The number of carbonyl (C=O) groups excluding carboxylic acids is 2. The minimum absolute atomic E-state index is 0.00272. The molecule has 2 aromatic rings. The zero-order valence-electron chi connectivity index (χ0n) is 16.5. The SMILES string of the molecule is O=C1NCCN(CCc2ccccc2)C1CC(=O)N1CCOc2ccccc2C1. The number of nitrogens with zero attached hydrogens (tertiary/aromatic N) is 2. The standard InChI is InChI=1S/C23H27N3O3/c27-22(26-14-15-29-21-9-5-4-8-19(21)17-26)16-20-23(28)24-11-13-25(20)12-10-18-6-2-1-3-7-18/h1-9,20H,10-17H2,(H,24,28). The summed E-state index contributed by atoms with van der Waals surface area (Å²) in [7, 11) is 0. The van der Waals surface area contributed by atoms with Crippen LogP contribution >= 0.6 is 0 Å². The molecule has 0 aromatic heterocycles. The fourth-order valence-electron chi connectivity index (χ4n) is 4.00. The molecule has 2 aliphatic rings. The topological polar surface area (TPSA) is 61.9 Å². The van der Waals surface area contributed by atoms with Crippen molar-refractivity contribution in [3.8, 4) is 5.75 Å². The van der Waals surface area contributed by atoms with E-state index in [1.807, 2.05) is 47.4 Å². The van der Waals surface area contributed by atoms with E-state index in [0.717, 1.165) is 30.8 Å². The molecule has 1 atom stereocenters. The Morgan fingerprint density at radius 1 is 1.07 bits per heavy atom. The Morgan fingerprint density at radius 2 is 1.86 bits per heavy atom. The highest BCUT2D eigenvalue weighted by atomic mass is 16.5. The molecule has 1 unspecified atom stereocenters. The van der Waals surface area contributed by atoms with E-state index in [-0.39, 0.29) is 18.2 Å². The van der Waals surface area contributed by atoms with Crippen molar-refractivity contribution in [1.82, 2.24) is 15.1 Å². The summed E-state index contributed by atoms with van der Waals surface area (Å²) in [6.45, 7) is 3.68. The molecule has 0 bridgehead atoms. The molecule has 152 valence electrons. The van der Waals surface area contributed by atoms with Gasteiger partial charge in [-0.3, -0.25) is 14.5 Å². The van der Waals surface area contributed by atoms with Crippen molar-refractivity contribution in [2.75, 3.05) is 32.8 Å². The molecule has 6 nitrogen and oxygen atoms in total. The first-order valence-electron chi connectivity index (χ1n) is 10.2. The quantitative estimate of drug-likeness (QED) is 0.842. The lowest BCUT2D eigenvalue weighted by atomic mass is 10.1. The Labute approximate surface area is 171 Å². The van der Waals surface area contributed by atoms with Gasteiger partial charge in [0.05, 0.1) is 19.0 Å². The largest absolute Gasteiger partial charge is 0.491 e. The van der Waals surface area contributed by atoms with Crippen LogP contribution in [0.3, 0.4) is 0 Å². The average Bonchev–Trinajstić information content (AvgIpc) is 2.97. The van der Waals surface area contributed by atoms with Crippen LogP contribution in [0.1, 0.15) is 17.5 Å². The molecule has 0 spiro atoms.